The third kappa shape index (κ3) is 5.57. The molecule has 0 aliphatic carbocycles. The summed E-state index contributed by atoms with van der Waals surface area (Å²) < 4.78 is 30.6. The Balaban J connectivity index is 1.44. The molecule has 2 aromatic carbocycles. The Bertz CT molecular complexity index is 1140. The van der Waals surface area contributed by atoms with E-state index in [1.54, 1.807) is 6.07 Å². The summed E-state index contributed by atoms with van der Waals surface area (Å²) in [5.74, 6) is -1.26. The molecule has 0 atom stereocenters. The highest BCUT2D eigenvalue weighted by Crippen LogP contribution is 2.28. The van der Waals surface area contributed by atoms with Gasteiger partial charge >= 0.3 is 0 Å². The number of rotatable bonds is 8. The number of benzene rings is 2. The monoisotopic (exact) mass is 455 g/mol. The molecule has 8 nitrogen and oxygen atoms in total. The number of nitrogens with one attached hydrogen (secondary N) is 2. The number of hydrogen-bond acceptors (Lipinski definition) is 6. The molecule has 0 radical (unpaired) electrons. The molecule has 0 spiro atoms. The first kappa shape index (κ1) is 22.9. The van der Waals surface area contributed by atoms with Crippen LogP contribution in [-0.2, 0) is 20.9 Å². The van der Waals surface area contributed by atoms with Gasteiger partial charge in [-0.05, 0) is 24.3 Å². The van der Waals surface area contributed by atoms with Crippen LogP contribution in [0.1, 0.15) is 22.5 Å². The number of amides is 2. The second-order valence-electron chi connectivity index (χ2n) is 7.74. The van der Waals surface area contributed by atoms with Crippen LogP contribution in [0.5, 0.6) is 0 Å². The van der Waals surface area contributed by atoms with Crippen LogP contribution in [-0.4, -0.2) is 56.7 Å². The summed E-state index contributed by atoms with van der Waals surface area (Å²) in [6.07, 6.45) is 0.232. The molecular weight excluding hydrogens is 429 g/mol. The van der Waals surface area contributed by atoms with Crippen LogP contribution in [0.3, 0.4) is 0 Å². The first-order valence-corrected chi connectivity index (χ1v) is 10.8. The average molecular weight is 455 g/mol. The third-order valence-corrected chi connectivity index (χ3v) is 5.45. The number of morpholine rings is 1. The maximum Gasteiger partial charge on any atom is 0.291 e. The number of anilines is 2. The van der Waals surface area contributed by atoms with Gasteiger partial charge in [0.05, 0.1) is 25.5 Å². The first-order chi connectivity index (χ1) is 16.0. The highest BCUT2D eigenvalue weighted by Gasteiger charge is 2.21. The molecule has 0 saturated carbocycles. The van der Waals surface area contributed by atoms with Crippen LogP contribution in [0.4, 0.5) is 15.8 Å². The average Bonchev–Trinajstić information content (AvgIpc) is 3.19. The maximum absolute atomic E-state index is 14.3. The van der Waals surface area contributed by atoms with Crippen molar-refractivity contribution in [2.24, 2.45) is 0 Å². The van der Waals surface area contributed by atoms with E-state index in [0.29, 0.717) is 36.6 Å². The summed E-state index contributed by atoms with van der Waals surface area (Å²) in [7, 11) is 1.54. The maximum atomic E-state index is 14.3. The molecule has 1 saturated heterocycles. The quantitative estimate of drug-likeness (QED) is 0.539. The van der Waals surface area contributed by atoms with Gasteiger partial charge in [-0.15, -0.1) is 0 Å². The van der Waals surface area contributed by atoms with Gasteiger partial charge in [0.2, 0.25) is 5.91 Å². The molecule has 33 heavy (non-hydrogen) atoms. The minimum atomic E-state index is -0.587. The van der Waals surface area contributed by atoms with Gasteiger partial charge in [0.15, 0.2) is 5.76 Å². The van der Waals surface area contributed by atoms with E-state index in [-0.39, 0.29) is 30.4 Å². The second-order valence-corrected chi connectivity index (χ2v) is 7.74. The van der Waals surface area contributed by atoms with Gasteiger partial charge in [-0.2, -0.15) is 0 Å². The Hall–Kier alpha value is -3.27. The van der Waals surface area contributed by atoms with E-state index in [0.717, 1.165) is 18.5 Å². The van der Waals surface area contributed by atoms with Gasteiger partial charge in [-0.25, -0.2) is 4.39 Å². The first-order valence-electron chi connectivity index (χ1n) is 10.8. The molecule has 3 aromatic rings. The van der Waals surface area contributed by atoms with Gasteiger partial charge < -0.3 is 24.5 Å². The molecular formula is C24H26FN3O5. The number of methoxy groups -OCH3 is 1. The summed E-state index contributed by atoms with van der Waals surface area (Å²) in [6.45, 7) is 3.62. The fourth-order valence-corrected chi connectivity index (χ4v) is 3.75. The Kier molecular flexibility index (Phi) is 7.33. The molecule has 2 N–H and O–H groups in total. The minimum absolute atomic E-state index is 0.00139. The van der Waals surface area contributed by atoms with Crippen molar-refractivity contribution in [2.75, 3.05) is 50.6 Å². The molecule has 9 heteroatoms. The molecule has 1 aliphatic rings. The summed E-state index contributed by atoms with van der Waals surface area (Å²) >= 11 is 0. The van der Waals surface area contributed by atoms with Gasteiger partial charge in [0, 0.05) is 49.8 Å². The number of furan rings is 1. The number of para-hydroxylation sites is 1. The zero-order valence-electron chi connectivity index (χ0n) is 18.4. The molecule has 2 heterocycles. The lowest BCUT2D eigenvalue weighted by Crippen LogP contribution is -2.38. The van der Waals surface area contributed by atoms with Gasteiger partial charge in [-0.1, -0.05) is 18.2 Å². The van der Waals surface area contributed by atoms with Crippen molar-refractivity contribution in [3.63, 3.8) is 0 Å². The number of fused-ring (bicyclic) bond motifs is 1. The van der Waals surface area contributed by atoms with Crippen molar-refractivity contribution < 1.29 is 27.9 Å². The Labute approximate surface area is 190 Å². The molecule has 0 bridgehead atoms. The topological polar surface area (TPSA) is 93.0 Å². The molecule has 1 aromatic heterocycles. The van der Waals surface area contributed by atoms with E-state index in [4.69, 9.17) is 13.9 Å². The lowest BCUT2D eigenvalue weighted by atomic mass is 10.1. The van der Waals surface area contributed by atoms with E-state index in [9.17, 15) is 14.0 Å². The van der Waals surface area contributed by atoms with E-state index in [2.05, 4.69) is 15.5 Å². The summed E-state index contributed by atoms with van der Waals surface area (Å²) in [6, 6.07) is 11.3. The number of halogens is 1. The zero-order chi connectivity index (χ0) is 23.2. The van der Waals surface area contributed by atoms with Crippen LogP contribution in [0.15, 0.2) is 46.9 Å². The van der Waals surface area contributed by atoms with Gasteiger partial charge in [0.1, 0.15) is 11.4 Å². The largest absolute Gasteiger partial charge is 0.451 e. The smallest absolute Gasteiger partial charge is 0.291 e. The van der Waals surface area contributed by atoms with Crippen molar-refractivity contribution in [1.29, 1.82) is 0 Å². The van der Waals surface area contributed by atoms with Crippen molar-refractivity contribution in [1.82, 2.24) is 4.90 Å². The van der Waals surface area contributed by atoms with Crippen molar-refractivity contribution in [2.45, 2.75) is 13.0 Å². The number of hydrogen-bond donors (Lipinski definition) is 2. The number of carbonyl (C=O) groups excluding carboxylic acids is 2. The number of nitrogens with zero attached hydrogens (tertiary/aromatic N) is 1. The zero-order valence-corrected chi connectivity index (χ0v) is 18.4. The van der Waals surface area contributed by atoms with E-state index in [1.165, 1.54) is 25.3 Å². The summed E-state index contributed by atoms with van der Waals surface area (Å²) in [5.41, 5.74) is 1.53. The fourth-order valence-electron chi connectivity index (χ4n) is 3.75. The normalized spacial score (nSPS) is 14.4. The molecule has 4 rings (SSSR count). The Morgan fingerprint density at radius 2 is 1.91 bits per heavy atom. The van der Waals surface area contributed by atoms with Crippen molar-refractivity contribution in [3.8, 4) is 0 Å². The van der Waals surface area contributed by atoms with Crippen LogP contribution >= 0.6 is 0 Å². The van der Waals surface area contributed by atoms with Crippen molar-refractivity contribution in [3.05, 3.63) is 59.6 Å². The van der Waals surface area contributed by atoms with E-state index < -0.39 is 11.7 Å². The number of ether oxygens (including phenoxy) is 2. The molecule has 1 fully saturated rings. The third-order valence-electron chi connectivity index (χ3n) is 5.45. The van der Waals surface area contributed by atoms with Crippen LogP contribution < -0.4 is 10.6 Å². The van der Waals surface area contributed by atoms with Crippen molar-refractivity contribution >= 4 is 34.2 Å². The predicted molar refractivity (Wildman–Crippen MR) is 122 cm³/mol. The lowest BCUT2D eigenvalue weighted by Gasteiger charge is -2.26. The van der Waals surface area contributed by atoms with Gasteiger partial charge in [-0.3, -0.25) is 14.5 Å². The SMILES string of the molecule is COCc1c(C(=O)Nc2ccc(F)c(NC(=O)CCN3CCOCC3)c2)oc2ccccc12. The molecule has 174 valence electrons. The minimum Gasteiger partial charge on any atom is -0.451 e. The molecule has 0 unspecified atom stereocenters. The van der Waals surface area contributed by atoms with Crippen LogP contribution in [0.25, 0.3) is 11.0 Å². The summed E-state index contributed by atoms with van der Waals surface area (Å²) in [4.78, 5) is 27.4. The van der Waals surface area contributed by atoms with Gasteiger partial charge in [0.25, 0.3) is 5.91 Å². The summed E-state index contributed by atoms with van der Waals surface area (Å²) in [5, 5.41) is 6.09. The fraction of sp³-hybridized carbons (Fsp3) is 0.333. The van der Waals surface area contributed by atoms with Crippen LogP contribution in [0, 0.1) is 5.82 Å². The standard InChI is InChI=1S/C24H26FN3O5/c1-31-15-18-17-4-2-3-5-21(17)33-23(18)24(30)26-16-6-7-19(25)20(14-16)27-22(29)8-9-28-10-12-32-13-11-28/h2-7,14H,8-13,15H2,1H3,(H,26,30)(H,27,29). The Morgan fingerprint density at radius 3 is 2.70 bits per heavy atom. The predicted octanol–water partition coefficient (Wildman–Crippen LogP) is 3.63. The molecule has 1 aliphatic heterocycles. The van der Waals surface area contributed by atoms with E-state index >= 15 is 0 Å². The van der Waals surface area contributed by atoms with Crippen LogP contribution in [0.2, 0.25) is 0 Å². The highest BCUT2D eigenvalue weighted by atomic mass is 19.1. The number of carbonyl (C=O) groups is 2. The van der Waals surface area contributed by atoms with E-state index in [1.807, 2.05) is 18.2 Å². The Morgan fingerprint density at radius 1 is 1.12 bits per heavy atom. The highest BCUT2D eigenvalue weighted by molar-refractivity contribution is 6.06. The molecule has 2 amide bonds. The lowest BCUT2D eigenvalue weighted by molar-refractivity contribution is -0.116. The second kappa shape index (κ2) is 10.6.